The zero-order valence-electron chi connectivity index (χ0n) is 17.0. The van der Waals surface area contributed by atoms with Crippen molar-refractivity contribution >= 4 is 53.3 Å². The van der Waals surface area contributed by atoms with Gasteiger partial charge in [-0.2, -0.15) is 0 Å². The predicted molar refractivity (Wildman–Crippen MR) is 129 cm³/mol. The zero-order valence-corrected chi connectivity index (χ0v) is 20.1. The lowest BCUT2D eigenvalue weighted by atomic mass is 10.2. The Bertz CT molecular complexity index is 701. The fourth-order valence-corrected chi connectivity index (χ4v) is 3.72. The van der Waals surface area contributed by atoms with Crippen LogP contribution in [-0.2, 0) is 4.74 Å². The van der Waals surface area contributed by atoms with Crippen molar-refractivity contribution in [2.45, 2.75) is 38.3 Å². The van der Waals surface area contributed by atoms with Crippen LogP contribution in [0.25, 0.3) is 0 Å². The van der Waals surface area contributed by atoms with Crippen molar-refractivity contribution in [1.82, 2.24) is 16.0 Å². The first-order valence-corrected chi connectivity index (χ1v) is 10.4. The molecular weight excluding hydrogens is 505 g/mol. The van der Waals surface area contributed by atoms with Gasteiger partial charge in [0.1, 0.15) is 0 Å². The third-order valence-corrected chi connectivity index (χ3v) is 5.42. The Morgan fingerprint density at radius 1 is 1.38 bits per heavy atom. The van der Waals surface area contributed by atoms with Gasteiger partial charge in [0, 0.05) is 43.4 Å². The first-order valence-electron chi connectivity index (χ1n) is 10.00. The molecule has 3 rings (SSSR count). The second kappa shape index (κ2) is 11.7. The van der Waals surface area contributed by atoms with Crippen molar-refractivity contribution in [3.8, 4) is 0 Å². The smallest absolute Gasteiger partial charge is 0.407 e. The van der Waals surface area contributed by atoms with Crippen LogP contribution in [0.2, 0.25) is 5.02 Å². The molecule has 0 aromatic heterocycles. The van der Waals surface area contributed by atoms with Gasteiger partial charge < -0.3 is 25.6 Å². The average molecular weight is 536 g/mol. The zero-order chi connectivity index (χ0) is 19.9. The van der Waals surface area contributed by atoms with Gasteiger partial charge >= 0.3 is 6.09 Å². The highest BCUT2D eigenvalue weighted by Crippen LogP contribution is 2.32. The number of alkyl carbamates (subject to hydrolysis) is 1. The molecule has 29 heavy (non-hydrogen) atoms. The van der Waals surface area contributed by atoms with Gasteiger partial charge in [-0.3, -0.25) is 4.99 Å². The third-order valence-electron chi connectivity index (χ3n) is 5.19. The second-order valence-electron chi connectivity index (χ2n) is 7.32. The molecule has 1 aliphatic heterocycles. The molecule has 1 aromatic rings. The number of hydrogen-bond acceptors (Lipinski definition) is 4. The third kappa shape index (κ3) is 7.40. The lowest BCUT2D eigenvalue weighted by Crippen LogP contribution is -2.50. The summed E-state index contributed by atoms with van der Waals surface area (Å²) in [4.78, 5) is 18.4. The number of aliphatic imine (C=N–C) groups is 1. The molecule has 1 aliphatic carbocycles. The molecule has 7 nitrogen and oxygen atoms in total. The molecule has 1 aromatic carbocycles. The van der Waals surface area contributed by atoms with E-state index in [-0.39, 0.29) is 36.1 Å². The number of amides is 1. The molecule has 1 saturated heterocycles. The summed E-state index contributed by atoms with van der Waals surface area (Å²) in [6.45, 7) is 4.70. The Kier molecular flexibility index (Phi) is 9.61. The minimum Gasteiger partial charge on any atom is -0.450 e. The molecule has 2 fully saturated rings. The number of halogens is 2. The quantitative estimate of drug-likeness (QED) is 0.284. The highest BCUT2D eigenvalue weighted by molar-refractivity contribution is 14.0. The molecule has 1 saturated carbocycles. The number of carbonyl (C=O) groups excluding carboxylic acids is 1. The van der Waals surface area contributed by atoms with E-state index in [2.05, 4.69) is 31.9 Å². The summed E-state index contributed by atoms with van der Waals surface area (Å²) in [5.74, 6) is 1.27. The molecule has 3 N–H and O–H groups in total. The average Bonchev–Trinajstić information content (AvgIpc) is 3.42. The maximum atomic E-state index is 11.8. The van der Waals surface area contributed by atoms with Crippen molar-refractivity contribution in [3.63, 3.8) is 0 Å². The van der Waals surface area contributed by atoms with Gasteiger partial charge in [-0.05, 0) is 50.3 Å². The van der Waals surface area contributed by atoms with Crippen LogP contribution in [0.4, 0.5) is 10.5 Å². The van der Waals surface area contributed by atoms with E-state index in [0.29, 0.717) is 25.1 Å². The molecule has 0 bridgehead atoms. The molecule has 2 atom stereocenters. The van der Waals surface area contributed by atoms with Gasteiger partial charge in [-0.15, -0.1) is 24.0 Å². The van der Waals surface area contributed by atoms with Gasteiger partial charge in [-0.25, -0.2) is 4.79 Å². The maximum absolute atomic E-state index is 11.8. The number of rotatable bonds is 7. The number of carbonyl (C=O) groups is 1. The number of benzene rings is 1. The Morgan fingerprint density at radius 3 is 2.83 bits per heavy atom. The SMILES string of the molecule is CCOC(=O)NC(CNC(=NC)NC1CCN(c2cccc(Cl)c2)C1)C1CC1.I. The largest absolute Gasteiger partial charge is 0.450 e. The lowest BCUT2D eigenvalue weighted by Gasteiger charge is -2.23. The van der Waals surface area contributed by atoms with E-state index >= 15 is 0 Å². The number of guanidine groups is 1. The number of nitrogens with zero attached hydrogens (tertiary/aromatic N) is 2. The van der Waals surface area contributed by atoms with Crippen molar-refractivity contribution in [2.75, 3.05) is 38.2 Å². The van der Waals surface area contributed by atoms with Crippen LogP contribution in [-0.4, -0.2) is 57.4 Å². The van der Waals surface area contributed by atoms with E-state index in [4.69, 9.17) is 16.3 Å². The minimum atomic E-state index is -0.350. The highest BCUT2D eigenvalue weighted by atomic mass is 127. The summed E-state index contributed by atoms with van der Waals surface area (Å²) in [5, 5.41) is 10.6. The lowest BCUT2D eigenvalue weighted by molar-refractivity contribution is 0.146. The van der Waals surface area contributed by atoms with Crippen molar-refractivity contribution in [2.24, 2.45) is 10.9 Å². The summed E-state index contributed by atoms with van der Waals surface area (Å²) >= 11 is 6.11. The van der Waals surface area contributed by atoms with E-state index in [0.717, 1.165) is 49.0 Å². The topological polar surface area (TPSA) is 78.0 Å². The van der Waals surface area contributed by atoms with Crippen molar-refractivity contribution < 1.29 is 9.53 Å². The van der Waals surface area contributed by atoms with Crippen LogP contribution in [0.5, 0.6) is 0 Å². The molecule has 2 unspecified atom stereocenters. The predicted octanol–water partition coefficient (Wildman–Crippen LogP) is 3.23. The van der Waals surface area contributed by atoms with Crippen LogP contribution >= 0.6 is 35.6 Å². The van der Waals surface area contributed by atoms with Crippen LogP contribution < -0.4 is 20.9 Å². The Labute approximate surface area is 195 Å². The molecule has 2 aliphatic rings. The van der Waals surface area contributed by atoms with Crippen LogP contribution in [0, 0.1) is 5.92 Å². The van der Waals surface area contributed by atoms with Gasteiger partial charge in [0.2, 0.25) is 0 Å². The van der Waals surface area contributed by atoms with E-state index in [1.807, 2.05) is 25.1 Å². The summed E-state index contributed by atoms with van der Waals surface area (Å²) in [7, 11) is 1.77. The first-order chi connectivity index (χ1) is 13.6. The standard InChI is InChI=1S/C20H30ClN5O2.HI/c1-3-28-20(27)25-18(14-7-8-14)12-23-19(22-2)24-16-9-10-26(13-16)17-6-4-5-15(21)11-17;/h4-6,11,14,16,18H,3,7-10,12-13H2,1-2H3,(H,25,27)(H2,22,23,24);1H. The number of ether oxygens (including phenoxy) is 1. The maximum Gasteiger partial charge on any atom is 0.407 e. The Hall–Kier alpha value is -1.42. The fraction of sp³-hybridized carbons (Fsp3) is 0.600. The van der Waals surface area contributed by atoms with Gasteiger partial charge in [0.25, 0.3) is 0 Å². The normalized spacial score (nSPS) is 19.9. The number of hydrogen-bond donors (Lipinski definition) is 3. The summed E-state index contributed by atoms with van der Waals surface area (Å²) in [6.07, 6.45) is 2.96. The number of anilines is 1. The first kappa shape index (κ1) is 23.9. The molecule has 1 heterocycles. The molecule has 162 valence electrons. The Balaban J connectivity index is 0.00000300. The monoisotopic (exact) mass is 535 g/mol. The Morgan fingerprint density at radius 2 is 2.17 bits per heavy atom. The minimum absolute atomic E-state index is 0. The van der Waals surface area contributed by atoms with Crippen molar-refractivity contribution in [3.05, 3.63) is 29.3 Å². The number of nitrogens with one attached hydrogen (secondary N) is 3. The summed E-state index contributed by atoms with van der Waals surface area (Å²) < 4.78 is 5.01. The van der Waals surface area contributed by atoms with Crippen LogP contribution in [0.1, 0.15) is 26.2 Å². The van der Waals surface area contributed by atoms with Gasteiger partial charge in [-0.1, -0.05) is 17.7 Å². The molecule has 0 spiro atoms. The van der Waals surface area contributed by atoms with Crippen LogP contribution in [0.3, 0.4) is 0 Å². The second-order valence-corrected chi connectivity index (χ2v) is 7.75. The van der Waals surface area contributed by atoms with E-state index in [1.54, 1.807) is 7.05 Å². The van der Waals surface area contributed by atoms with Crippen molar-refractivity contribution in [1.29, 1.82) is 0 Å². The summed E-state index contributed by atoms with van der Waals surface area (Å²) in [5.41, 5.74) is 1.15. The van der Waals surface area contributed by atoms with Crippen LogP contribution in [0.15, 0.2) is 29.3 Å². The van der Waals surface area contributed by atoms with Gasteiger partial charge in [0.15, 0.2) is 5.96 Å². The highest BCUT2D eigenvalue weighted by Gasteiger charge is 2.33. The van der Waals surface area contributed by atoms with E-state index < -0.39 is 0 Å². The van der Waals surface area contributed by atoms with Gasteiger partial charge in [0.05, 0.1) is 12.6 Å². The van der Waals surface area contributed by atoms with E-state index in [9.17, 15) is 4.79 Å². The summed E-state index contributed by atoms with van der Waals surface area (Å²) in [6, 6.07) is 8.32. The molecule has 9 heteroatoms. The molecule has 1 amide bonds. The van der Waals surface area contributed by atoms with E-state index in [1.165, 1.54) is 0 Å². The molecular formula is C20H31ClIN5O2. The molecule has 0 radical (unpaired) electrons. The fourth-order valence-electron chi connectivity index (χ4n) is 3.54.